The van der Waals surface area contributed by atoms with Gasteiger partial charge in [-0.1, -0.05) is 17.4 Å². The van der Waals surface area contributed by atoms with Gasteiger partial charge in [0.25, 0.3) is 0 Å². The van der Waals surface area contributed by atoms with Gasteiger partial charge >= 0.3 is 0 Å². The predicted octanol–water partition coefficient (Wildman–Crippen LogP) is 4.06. The lowest BCUT2D eigenvalue weighted by Crippen LogP contribution is -2.38. The van der Waals surface area contributed by atoms with Crippen LogP contribution in [0, 0.1) is 11.6 Å². The van der Waals surface area contributed by atoms with Crippen LogP contribution in [0.2, 0.25) is 0 Å². The van der Waals surface area contributed by atoms with E-state index in [9.17, 15) is 13.6 Å². The SMILES string of the molecule is O=C(Cc1ccc2c(c1)OCO2)N(C[C@@H]1CCCO1)c1nc2c(F)cc(F)cc2s1. The summed E-state index contributed by atoms with van der Waals surface area (Å²) in [6.07, 6.45) is 1.76. The Labute approximate surface area is 175 Å². The quantitative estimate of drug-likeness (QED) is 0.609. The Hall–Kier alpha value is -2.78. The van der Waals surface area contributed by atoms with Gasteiger partial charge in [0.05, 0.1) is 23.8 Å². The first-order valence-electron chi connectivity index (χ1n) is 9.63. The average molecular weight is 432 g/mol. The van der Waals surface area contributed by atoms with E-state index in [0.29, 0.717) is 34.5 Å². The number of fused-ring (bicyclic) bond motifs is 2. The van der Waals surface area contributed by atoms with Gasteiger partial charge in [-0.25, -0.2) is 13.8 Å². The number of nitrogens with zero attached hydrogens (tertiary/aromatic N) is 2. The van der Waals surface area contributed by atoms with Crippen LogP contribution in [0.3, 0.4) is 0 Å². The van der Waals surface area contributed by atoms with E-state index >= 15 is 0 Å². The van der Waals surface area contributed by atoms with Gasteiger partial charge in [0.1, 0.15) is 11.3 Å². The average Bonchev–Trinajstić information content (AvgIpc) is 3.46. The molecule has 6 nitrogen and oxygen atoms in total. The van der Waals surface area contributed by atoms with Gasteiger partial charge in [-0.05, 0) is 36.6 Å². The van der Waals surface area contributed by atoms with E-state index in [1.165, 1.54) is 11.0 Å². The summed E-state index contributed by atoms with van der Waals surface area (Å²) in [7, 11) is 0. The molecule has 9 heteroatoms. The number of carbonyl (C=O) groups is 1. The van der Waals surface area contributed by atoms with Gasteiger partial charge in [-0.15, -0.1) is 0 Å². The van der Waals surface area contributed by atoms with Crippen LogP contribution in [0.4, 0.5) is 13.9 Å². The Morgan fingerprint density at radius 3 is 2.90 bits per heavy atom. The number of carbonyl (C=O) groups excluding carboxylic acids is 1. The summed E-state index contributed by atoms with van der Waals surface area (Å²) in [4.78, 5) is 19.0. The molecule has 0 saturated carbocycles. The molecular weight excluding hydrogens is 414 g/mol. The third-order valence-electron chi connectivity index (χ3n) is 5.14. The lowest BCUT2D eigenvalue weighted by molar-refractivity contribution is -0.118. The fraction of sp³-hybridized carbons (Fsp3) is 0.333. The van der Waals surface area contributed by atoms with Crippen LogP contribution in [0.15, 0.2) is 30.3 Å². The number of amides is 1. The molecule has 0 radical (unpaired) electrons. The van der Waals surface area contributed by atoms with Crippen molar-refractivity contribution in [2.45, 2.75) is 25.4 Å². The predicted molar refractivity (Wildman–Crippen MR) is 107 cm³/mol. The highest BCUT2D eigenvalue weighted by Crippen LogP contribution is 2.34. The Kier molecular flexibility index (Phi) is 5.00. The summed E-state index contributed by atoms with van der Waals surface area (Å²) >= 11 is 1.09. The van der Waals surface area contributed by atoms with Crippen LogP contribution in [-0.4, -0.2) is 36.9 Å². The van der Waals surface area contributed by atoms with Crippen molar-refractivity contribution >= 4 is 32.6 Å². The van der Waals surface area contributed by atoms with Crippen molar-refractivity contribution in [1.29, 1.82) is 0 Å². The van der Waals surface area contributed by atoms with Crippen molar-refractivity contribution in [2.75, 3.05) is 24.8 Å². The standard InChI is InChI=1S/C21H18F2N2O4S/c22-13-8-15(23)20-18(9-13)30-21(24-20)25(10-14-2-1-5-27-14)19(26)7-12-3-4-16-17(6-12)29-11-28-16/h3-4,6,8-9,14H,1-2,5,7,10-11H2/t14-/m0/s1. The van der Waals surface area contributed by atoms with Crippen LogP contribution in [-0.2, 0) is 16.0 Å². The monoisotopic (exact) mass is 432 g/mol. The number of anilines is 1. The highest BCUT2D eigenvalue weighted by molar-refractivity contribution is 7.22. The maximum absolute atomic E-state index is 14.2. The summed E-state index contributed by atoms with van der Waals surface area (Å²) in [6, 6.07) is 7.38. The normalized spacial score (nSPS) is 17.6. The van der Waals surface area contributed by atoms with E-state index in [0.717, 1.165) is 35.8 Å². The Morgan fingerprint density at radius 2 is 2.07 bits per heavy atom. The topological polar surface area (TPSA) is 60.9 Å². The van der Waals surface area contributed by atoms with Crippen molar-refractivity contribution in [2.24, 2.45) is 0 Å². The number of ether oxygens (including phenoxy) is 3. The number of rotatable bonds is 5. The molecule has 0 unspecified atom stereocenters. The molecule has 1 saturated heterocycles. The summed E-state index contributed by atoms with van der Waals surface area (Å²) < 4.78 is 44.5. The summed E-state index contributed by atoms with van der Waals surface area (Å²) in [6.45, 7) is 1.12. The Bertz CT molecular complexity index is 1110. The minimum atomic E-state index is -0.743. The van der Waals surface area contributed by atoms with Crippen molar-refractivity contribution in [3.8, 4) is 11.5 Å². The zero-order valence-electron chi connectivity index (χ0n) is 15.9. The Balaban J connectivity index is 1.45. The highest BCUT2D eigenvalue weighted by Gasteiger charge is 2.27. The van der Waals surface area contributed by atoms with Crippen LogP contribution < -0.4 is 14.4 Å². The van der Waals surface area contributed by atoms with Crippen molar-refractivity contribution in [1.82, 2.24) is 4.98 Å². The molecule has 2 aliphatic rings. The molecule has 2 aliphatic heterocycles. The molecule has 0 N–H and O–H groups in total. The largest absolute Gasteiger partial charge is 0.454 e. The molecule has 0 spiro atoms. The number of thiazole rings is 1. The second-order valence-corrected chi connectivity index (χ2v) is 8.24. The molecule has 0 bridgehead atoms. The van der Waals surface area contributed by atoms with Gasteiger partial charge in [0.15, 0.2) is 22.4 Å². The summed E-state index contributed by atoms with van der Waals surface area (Å²) in [5.41, 5.74) is 0.824. The molecule has 5 rings (SSSR count). The molecule has 1 atom stereocenters. The van der Waals surface area contributed by atoms with Gasteiger partial charge in [-0.3, -0.25) is 9.69 Å². The second kappa shape index (κ2) is 7.81. The van der Waals surface area contributed by atoms with E-state index in [-0.39, 0.29) is 30.7 Å². The van der Waals surface area contributed by atoms with Crippen LogP contribution in [0.5, 0.6) is 11.5 Å². The maximum Gasteiger partial charge on any atom is 0.233 e. The summed E-state index contributed by atoms with van der Waals surface area (Å²) in [5, 5.41) is 0.329. The first-order chi connectivity index (χ1) is 14.6. The summed E-state index contributed by atoms with van der Waals surface area (Å²) in [5.74, 6) is -0.376. The van der Waals surface area contributed by atoms with Crippen molar-refractivity contribution < 1.29 is 27.8 Å². The molecular formula is C21H18F2N2O4S. The smallest absolute Gasteiger partial charge is 0.233 e. The van der Waals surface area contributed by atoms with Gasteiger partial charge in [-0.2, -0.15) is 0 Å². The molecule has 2 aromatic carbocycles. The van der Waals surface area contributed by atoms with E-state index in [4.69, 9.17) is 14.2 Å². The van der Waals surface area contributed by atoms with Gasteiger partial charge in [0, 0.05) is 12.7 Å². The number of aromatic nitrogens is 1. The molecule has 156 valence electrons. The van der Waals surface area contributed by atoms with Crippen molar-refractivity contribution in [3.63, 3.8) is 0 Å². The molecule has 0 aliphatic carbocycles. The molecule has 3 aromatic rings. The minimum absolute atomic E-state index is 0.0598. The molecule has 30 heavy (non-hydrogen) atoms. The van der Waals surface area contributed by atoms with Crippen LogP contribution in [0.25, 0.3) is 10.2 Å². The third-order valence-corrected chi connectivity index (χ3v) is 6.16. The molecule has 1 amide bonds. The third kappa shape index (κ3) is 3.70. The number of hydrogen-bond acceptors (Lipinski definition) is 6. The first kappa shape index (κ1) is 19.2. The fourth-order valence-corrected chi connectivity index (χ4v) is 4.69. The molecule has 1 fully saturated rings. The number of halogens is 2. The number of benzene rings is 2. The maximum atomic E-state index is 14.2. The first-order valence-corrected chi connectivity index (χ1v) is 10.4. The lowest BCUT2D eigenvalue weighted by Gasteiger charge is -2.23. The second-order valence-electron chi connectivity index (χ2n) is 7.23. The van der Waals surface area contributed by atoms with E-state index < -0.39 is 11.6 Å². The minimum Gasteiger partial charge on any atom is -0.454 e. The van der Waals surface area contributed by atoms with E-state index in [1.807, 2.05) is 6.07 Å². The zero-order valence-corrected chi connectivity index (χ0v) is 16.7. The fourth-order valence-electron chi connectivity index (χ4n) is 3.66. The molecule has 3 heterocycles. The van der Waals surface area contributed by atoms with Crippen LogP contribution in [0.1, 0.15) is 18.4 Å². The van der Waals surface area contributed by atoms with E-state index in [1.54, 1.807) is 12.1 Å². The van der Waals surface area contributed by atoms with Gasteiger partial charge < -0.3 is 14.2 Å². The number of hydrogen-bond donors (Lipinski definition) is 0. The van der Waals surface area contributed by atoms with Crippen molar-refractivity contribution in [3.05, 3.63) is 47.5 Å². The van der Waals surface area contributed by atoms with Crippen LogP contribution >= 0.6 is 11.3 Å². The molecule has 1 aromatic heterocycles. The van der Waals surface area contributed by atoms with E-state index in [2.05, 4.69) is 4.98 Å². The van der Waals surface area contributed by atoms with Gasteiger partial charge in [0.2, 0.25) is 12.7 Å². The highest BCUT2D eigenvalue weighted by atomic mass is 32.1. The Morgan fingerprint density at radius 1 is 1.20 bits per heavy atom. The zero-order chi connectivity index (χ0) is 20.7. The lowest BCUT2D eigenvalue weighted by atomic mass is 10.1.